The SMILES string of the molecule is COC(=O)c1c(N)c2ccc(OC(F)F)cc2n(-c2ccc(N)nc2)c1=O. The average molecular weight is 376 g/mol. The molecule has 0 fully saturated rings. The second kappa shape index (κ2) is 6.90. The molecule has 8 nitrogen and oxygen atoms in total. The summed E-state index contributed by atoms with van der Waals surface area (Å²) in [6.07, 6.45) is 1.30. The van der Waals surface area contributed by atoms with Crippen LogP contribution in [0.15, 0.2) is 41.3 Å². The molecule has 0 aliphatic carbocycles. The third-order valence-corrected chi connectivity index (χ3v) is 3.83. The average Bonchev–Trinajstić information content (AvgIpc) is 2.62. The van der Waals surface area contributed by atoms with E-state index in [1.54, 1.807) is 0 Å². The van der Waals surface area contributed by atoms with E-state index >= 15 is 0 Å². The number of rotatable bonds is 4. The van der Waals surface area contributed by atoms with Crippen LogP contribution in [0.5, 0.6) is 5.75 Å². The van der Waals surface area contributed by atoms with Crippen LogP contribution >= 0.6 is 0 Å². The molecule has 0 saturated carbocycles. The number of fused-ring (bicyclic) bond motifs is 1. The number of esters is 1. The molecular weight excluding hydrogens is 362 g/mol. The van der Waals surface area contributed by atoms with Crippen molar-refractivity contribution in [3.05, 3.63) is 52.4 Å². The first-order valence-electron chi connectivity index (χ1n) is 7.56. The third-order valence-electron chi connectivity index (χ3n) is 3.83. The molecule has 0 atom stereocenters. The van der Waals surface area contributed by atoms with Crippen LogP contribution in [0.4, 0.5) is 20.3 Å². The smallest absolute Gasteiger partial charge is 0.387 e. The Morgan fingerprint density at radius 2 is 1.96 bits per heavy atom. The number of carbonyl (C=O) groups is 1. The summed E-state index contributed by atoms with van der Waals surface area (Å²) in [4.78, 5) is 28.9. The Morgan fingerprint density at radius 3 is 2.56 bits per heavy atom. The standard InChI is InChI=1S/C17H14F2N4O4/c1-26-16(25)13-14(21)10-4-3-9(27-17(18)19)6-11(10)23(15(13)24)8-2-5-12(20)22-7-8/h2-7,17H,21H2,1H3,(H2,20,22). The molecule has 27 heavy (non-hydrogen) atoms. The molecule has 1 aromatic carbocycles. The maximum absolute atomic E-state index is 13.0. The molecule has 3 aromatic rings. The number of nitrogens with two attached hydrogens (primary N) is 2. The molecule has 0 saturated heterocycles. The van der Waals surface area contributed by atoms with E-state index in [-0.39, 0.29) is 39.4 Å². The Kier molecular flexibility index (Phi) is 4.63. The molecule has 2 heterocycles. The van der Waals surface area contributed by atoms with E-state index in [4.69, 9.17) is 11.5 Å². The van der Waals surface area contributed by atoms with Crippen LogP contribution in [-0.4, -0.2) is 29.2 Å². The zero-order valence-electron chi connectivity index (χ0n) is 14.0. The topological polar surface area (TPSA) is 122 Å². The van der Waals surface area contributed by atoms with Crippen LogP contribution < -0.4 is 21.8 Å². The Balaban J connectivity index is 2.42. The number of aromatic nitrogens is 2. The van der Waals surface area contributed by atoms with Crippen molar-refractivity contribution in [1.29, 1.82) is 0 Å². The second-order valence-electron chi connectivity index (χ2n) is 5.42. The molecule has 0 spiro atoms. The summed E-state index contributed by atoms with van der Waals surface area (Å²) in [5.41, 5.74) is 10.6. The molecule has 3 rings (SSSR count). The lowest BCUT2D eigenvalue weighted by Crippen LogP contribution is -2.28. The highest BCUT2D eigenvalue weighted by Crippen LogP contribution is 2.29. The number of nitrogen functional groups attached to an aromatic ring is 2. The summed E-state index contributed by atoms with van der Waals surface area (Å²) in [6.45, 7) is -3.05. The van der Waals surface area contributed by atoms with E-state index in [2.05, 4.69) is 14.5 Å². The van der Waals surface area contributed by atoms with E-state index in [1.165, 1.54) is 36.5 Å². The van der Waals surface area contributed by atoms with Gasteiger partial charge in [-0.2, -0.15) is 8.78 Å². The number of anilines is 2. The van der Waals surface area contributed by atoms with Gasteiger partial charge in [-0.25, -0.2) is 9.78 Å². The van der Waals surface area contributed by atoms with Crippen LogP contribution in [0.3, 0.4) is 0 Å². The summed E-state index contributed by atoms with van der Waals surface area (Å²) in [5.74, 6) is -0.898. The van der Waals surface area contributed by atoms with Crippen molar-refractivity contribution >= 4 is 28.4 Å². The number of carbonyl (C=O) groups excluding carboxylic acids is 1. The molecule has 0 bridgehead atoms. The maximum atomic E-state index is 13.0. The molecular formula is C17H14F2N4O4. The lowest BCUT2D eigenvalue weighted by molar-refractivity contribution is -0.0497. The van der Waals surface area contributed by atoms with Gasteiger partial charge in [0, 0.05) is 11.5 Å². The minimum absolute atomic E-state index is 0.134. The summed E-state index contributed by atoms with van der Waals surface area (Å²) >= 11 is 0. The van der Waals surface area contributed by atoms with Crippen molar-refractivity contribution in [1.82, 2.24) is 9.55 Å². The van der Waals surface area contributed by atoms with Gasteiger partial charge in [-0.1, -0.05) is 0 Å². The van der Waals surface area contributed by atoms with Crippen molar-refractivity contribution in [2.45, 2.75) is 6.61 Å². The molecule has 2 aromatic heterocycles. The molecule has 0 aliphatic rings. The largest absolute Gasteiger partial charge is 0.465 e. The van der Waals surface area contributed by atoms with Gasteiger partial charge in [-0.05, 0) is 24.3 Å². The number of halogens is 2. The zero-order valence-corrected chi connectivity index (χ0v) is 14.0. The Morgan fingerprint density at radius 1 is 1.22 bits per heavy atom. The normalized spacial score (nSPS) is 11.0. The molecule has 140 valence electrons. The number of pyridine rings is 2. The number of benzene rings is 1. The van der Waals surface area contributed by atoms with E-state index < -0.39 is 18.1 Å². The predicted molar refractivity (Wildman–Crippen MR) is 94.1 cm³/mol. The van der Waals surface area contributed by atoms with E-state index in [0.29, 0.717) is 0 Å². The molecule has 0 aliphatic heterocycles. The van der Waals surface area contributed by atoms with Crippen LogP contribution in [0, 0.1) is 0 Å². The van der Waals surface area contributed by atoms with Gasteiger partial charge in [0.1, 0.15) is 17.1 Å². The maximum Gasteiger partial charge on any atom is 0.387 e. The minimum Gasteiger partial charge on any atom is -0.465 e. The highest BCUT2D eigenvalue weighted by atomic mass is 19.3. The van der Waals surface area contributed by atoms with Gasteiger partial charge in [-0.15, -0.1) is 0 Å². The number of ether oxygens (including phenoxy) is 2. The van der Waals surface area contributed by atoms with Crippen LogP contribution in [-0.2, 0) is 4.74 Å². The Labute approximate surface area is 150 Å². The van der Waals surface area contributed by atoms with Crippen molar-refractivity contribution in [2.75, 3.05) is 18.6 Å². The lowest BCUT2D eigenvalue weighted by Gasteiger charge is -2.16. The van der Waals surface area contributed by atoms with Gasteiger partial charge in [0.15, 0.2) is 0 Å². The Bertz CT molecular complexity index is 1080. The third kappa shape index (κ3) is 3.24. The number of nitrogens with zero attached hydrogens (tertiary/aromatic N) is 2. The summed E-state index contributed by atoms with van der Waals surface area (Å²) in [6, 6.07) is 6.77. The molecule has 10 heteroatoms. The van der Waals surface area contributed by atoms with Crippen LogP contribution in [0.25, 0.3) is 16.6 Å². The molecule has 0 radical (unpaired) electrons. The summed E-state index contributed by atoms with van der Waals surface area (Å²) in [7, 11) is 1.11. The van der Waals surface area contributed by atoms with Crippen LogP contribution in [0.1, 0.15) is 10.4 Å². The monoisotopic (exact) mass is 376 g/mol. The quantitative estimate of drug-likeness (QED) is 0.667. The first-order chi connectivity index (χ1) is 12.8. The van der Waals surface area contributed by atoms with E-state index in [1.807, 2.05) is 0 Å². The van der Waals surface area contributed by atoms with Gasteiger partial charge in [-0.3, -0.25) is 9.36 Å². The fourth-order valence-electron chi connectivity index (χ4n) is 2.66. The van der Waals surface area contributed by atoms with Crippen molar-refractivity contribution < 1.29 is 23.0 Å². The highest BCUT2D eigenvalue weighted by molar-refractivity contribution is 6.04. The number of hydrogen-bond acceptors (Lipinski definition) is 7. The van der Waals surface area contributed by atoms with Crippen molar-refractivity contribution in [2.24, 2.45) is 0 Å². The van der Waals surface area contributed by atoms with E-state index in [9.17, 15) is 18.4 Å². The minimum atomic E-state index is -3.05. The molecule has 0 unspecified atom stereocenters. The van der Waals surface area contributed by atoms with Crippen molar-refractivity contribution in [3.63, 3.8) is 0 Å². The first kappa shape index (κ1) is 18.1. The number of alkyl halides is 2. The fraction of sp³-hybridized carbons (Fsp3) is 0.118. The first-order valence-corrected chi connectivity index (χ1v) is 7.56. The molecule has 4 N–H and O–H groups in total. The zero-order chi connectivity index (χ0) is 19.7. The van der Waals surface area contributed by atoms with Gasteiger partial charge < -0.3 is 20.9 Å². The summed E-state index contributed by atoms with van der Waals surface area (Å²) in [5, 5.41) is 0.272. The summed E-state index contributed by atoms with van der Waals surface area (Å²) < 4.78 is 35.3. The lowest BCUT2D eigenvalue weighted by atomic mass is 10.1. The van der Waals surface area contributed by atoms with Gasteiger partial charge in [0.2, 0.25) is 0 Å². The van der Waals surface area contributed by atoms with Crippen molar-refractivity contribution in [3.8, 4) is 11.4 Å². The highest BCUT2D eigenvalue weighted by Gasteiger charge is 2.23. The fourth-order valence-corrected chi connectivity index (χ4v) is 2.66. The van der Waals surface area contributed by atoms with Crippen LogP contribution in [0.2, 0.25) is 0 Å². The van der Waals surface area contributed by atoms with Gasteiger partial charge in [0.05, 0.1) is 30.2 Å². The number of hydrogen-bond donors (Lipinski definition) is 2. The number of methoxy groups -OCH3 is 1. The second-order valence-corrected chi connectivity index (χ2v) is 5.42. The van der Waals surface area contributed by atoms with Gasteiger partial charge in [0.25, 0.3) is 5.56 Å². The van der Waals surface area contributed by atoms with E-state index in [0.717, 1.165) is 11.7 Å². The van der Waals surface area contributed by atoms with Gasteiger partial charge >= 0.3 is 12.6 Å². The predicted octanol–water partition coefficient (Wildman–Crippen LogP) is 1.94. The molecule has 0 amide bonds. The Hall–Kier alpha value is -3.69.